The molecule has 0 atom stereocenters. The molecular weight excluding hydrogens is 484 g/mol. The maximum atomic E-state index is 11.1. The smallest absolute Gasteiger partial charge is 0.330 e. The van der Waals surface area contributed by atoms with Crippen LogP contribution in [0.1, 0.15) is 51.8 Å². The average molecular weight is 521 g/mol. The van der Waals surface area contributed by atoms with Crippen LogP contribution in [0.3, 0.4) is 0 Å². The lowest BCUT2D eigenvalue weighted by molar-refractivity contribution is -0.138. The van der Waals surface area contributed by atoms with Gasteiger partial charge in [-0.3, -0.25) is 0 Å². The van der Waals surface area contributed by atoms with Gasteiger partial charge in [0.1, 0.15) is 0 Å². The Hall–Kier alpha value is -4.44. The molecule has 0 radical (unpaired) electrons. The molecule has 0 unspecified atom stereocenters. The highest BCUT2D eigenvalue weighted by atomic mass is 16.5. The third kappa shape index (κ3) is 10.4. The molecule has 0 saturated carbocycles. The van der Waals surface area contributed by atoms with Gasteiger partial charge in [0.25, 0.3) is 0 Å². The molecule has 0 amide bonds. The monoisotopic (exact) mass is 520 g/mol. The van der Waals surface area contributed by atoms with E-state index < -0.39 is 0 Å². The van der Waals surface area contributed by atoms with Gasteiger partial charge in [-0.1, -0.05) is 104 Å². The molecule has 0 aliphatic carbocycles. The third-order valence-electron chi connectivity index (χ3n) is 6.22. The van der Waals surface area contributed by atoms with Crippen molar-refractivity contribution in [2.45, 2.75) is 32.6 Å². The van der Waals surface area contributed by atoms with Crippen LogP contribution < -0.4 is 0 Å². The number of ether oxygens (including phenoxy) is 2. The van der Waals surface area contributed by atoms with Crippen LogP contribution in [-0.2, 0) is 31.9 Å². The lowest BCUT2D eigenvalue weighted by atomic mass is 10.0. The highest BCUT2D eigenvalue weighted by Crippen LogP contribution is 2.18. The third-order valence-corrected chi connectivity index (χ3v) is 6.22. The summed E-state index contributed by atoms with van der Waals surface area (Å²) >= 11 is 0. The number of aryl methyl sites for hydroxylation is 3. The van der Waals surface area contributed by atoms with E-state index in [4.69, 9.17) is 9.47 Å². The predicted molar refractivity (Wildman–Crippen MR) is 161 cm³/mol. The zero-order valence-electron chi connectivity index (χ0n) is 22.6. The van der Waals surface area contributed by atoms with Gasteiger partial charge in [-0.15, -0.1) is 0 Å². The Morgan fingerprint density at radius 3 is 1.54 bits per heavy atom. The van der Waals surface area contributed by atoms with Crippen molar-refractivity contribution < 1.29 is 19.1 Å². The van der Waals surface area contributed by atoms with Gasteiger partial charge in [-0.25, -0.2) is 9.59 Å². The van der Waals surface area contributed by atoms with Crippen LogP contribution in [0.15, 0.2) is 92.0 Å². The van der Waals surface area contributed by atoms with Gasteiger partial charge >= 0.3 is 11.9 Å². The summed E-state index contributed by atoms with van der Waals surface area (Å²) in [7, 11) is 0. The molecule has 0 aliphatic heterocycles. The van der Waals surface area contributed by atoms with Gasteiger partial charge in [0, 0.05) is 12.2 Å². The van der Waals surface area contributed by atoms with E-state index in [2.05, 4.69) is 111 Å². The fourth-order valence-corrected chi connectivity index (χ4v) is 3.97. The van der Waals surface area contributed by atoms with E-state index in [1.165, 1.54) is 34.4 Å². The minimum absolute atomic E-state index is 0.375. The first-order chi connectivity index (χ1) is 19.0. The number of carbonyl (C=O) groups is 2. The summed E-state index contributed by atoms with van der Waals surface area (Å²) in [5.74, 6) is -0.751. The molecule has 0 bridgehead atoms. The fraction of sp³-hybridized carbons (Fsp3) is 0.200. The maximum Gasteiger partial charge on any atom is 0.330 e. The molecule has 0 aliphatic rings. The van der Waals surface area contributed by atoms with E-state index in [0.29, 0.717) is 13.2 Å². The second-order valence-electron chi connectivity index (χ2n) is 9.22. The van der Waals surface area contributed by atoms with E-state index in [0.717, 1.165) is 42.4 Å². The molecule has 3 aromatic carbocycles. The van der Waals surface area contributed by atoms with Crippen LogP contribution in [0.2, 0.25) is 0 Å². The first-order valence-electron chi connectivity index (χ1n) is 13.2. The number of carbonyl (C=O) groups excluding carboxylic acids is 2. The van der Waals surface area contributed by atoms with Gasteiger partial charge in [-0.05, 0) is 71.6 Å². The summed E-state index contributed by atoms with van der Waals surface area (Å²) in [4.78, 5) is 22.2. The molecule has 0 aromatic heterocycles. The molecule has 0 fully saturated rings. The highest BCUT2D eigenvalue weighted by molar-refractivity contribution is 5.81. The van der Waals surface area contributed by atoms with E-state index in [-0.39, 0.29) is 11.9 Å². The van der Waals surface area contributed by atoms with Gasteiger partial charge in [0.05, 0.1) is 13.2 Å². The van der Waals surface area contributed by atoms with Crippen LogP contribution in [0.5, 0.6) is 0 Å². The number of hydrogen-bond acceptors (Lipinski definition) is 4. The Morgan fingerprint density at radius 1 is 0.641 bits per heavy atom. The largest absolute Gasteiger partial charge is 0.463 e. The Morgan fingerprint density at radius 2 is 1.08 bits per heavy atom. The van der Waals surface area contributed by atoms with Crippen molar-refractivity contribution in [1.29, 1.82) is 0 Å². The van der Waals surface area contributed by atoms with Crippen molar-refractivity contribution >= 4 is 36.2 Å². The van der Waals surface area contributed by atoms with Crippen LogP contribution in [-0.4, -0.2) is 25.2 Å². The minimum atomic E-state index is -0.376. The topological polar surface area (TPSA) is 52.6 Å². The molecular formula is C35H36O4. The fourth-order valence-electron chi connectivity index (χ4n) is 3.97. The Bertz CT molecular complexity index is 1310. The highest BCUT2D eigenvalue weighted by Gasteiger charge is 2.00. The Kier molecular flexibility index (Phi) is 11.7. The van der Waals surface area contributed by atoms with E-state index in [9.17, 15) is 9.59 Å². The minimum Gasteiger partial charge on any atom is -0.463 e. The second kappa shape index (κ2) is 15.7. The molecule has 3 aromatic rings. The second-order valence-corrected chi connectivity index (χ2v) is 9.22. The van der Waals surface area contributed by atoms with Crippen LogP contribution in [0.25, 0.3) is 24.3 Å². The van der Waals surface area contributed by atoms with Crippen molar-refractivity contribution in [3.05, 3.63) is 131 Å². The number of hydrogen-bond donors (Lipinski definition) is 0. The quantitative estimate of drug-likeness (QED) is 0.0948. The zero-order valence-corrected chi connectivity index (χ0v) is 22.6. The average Bonchev–Trinajstić information content (AvgIpc) is 2.96. The summed E-state index contributed by atoms with van der Waals surface area (Å²) in [6.07, 6.45) is 14.2. The molecule has 200 valence electrons. The van der Waals surface area contributed by atoms with Crippen molar-refractivity contribution in [2.75, 3.05) is 13.2 Å². The van der Waals surface area contributed by atoms with Gasteiger partial charge in [0.15, 0.2) is 0 Å². The molecule has 0 heterocycles. The molecule has 3 rings (SSSR count). The lowest BCUT2D eigenvalue weighted by Crippen LogP contribution is -2.02. The molecule has 0 spiro atoms. The van der Waals surface area contributed by atoms with E-state index in [1.54, 1.807) is 0 Å². The molecule has 0 saturated heterocycles. The van der Waals surface area contributed by atoms with Crippen LogP contribution >= 0.6 is 0 Å². The van der Waals surface area contributed by atoms with Gasteiger partial charge in [0.2, 0.25) is 0 Å². The van der Waals surface area contributed by atoms with Crippen LogP contribution in [0.4, 0.5) is 0 Å². The lowest BCUT2D eigenvalue weighted by Gasteiger charge is -2.05. The van der Waals surface area contributed by atoms with Crippen molar-refractivity contribution in [3.63, 3.8) is 0 Å². The summed E-state index contributed by atoms with van der Waals surface area (Å²) in [5.41, 5.74) is 8.27. The predicted octanol–water partition coefficient (Wildman–Crippen LogP) is 7.66. The van der Waals surface area contributed by atoms with Crippen molar-refractivity contribution in [3.8, 4) is 0 Å². The Balaban J connectivity index is 1.48. The first-order valence-corrected chi connectivity index (χ1v) is 13.2. The summed E-state index contributed by atoms with van der Waals surface area (Å²) in [6, 6.07) is 23.3. The van der Waals surface area contributed by atoms with Crippen LogP contribution in [0, 0.1) is 6.92 Å². The Labute approximate surface area is 232 Å². The molecule has 4 heteroatoms. The standard InChI is InChI=1S/C35H36O4/c1-4-34(36)38-24-6-8-28-10-14-30(15-11-28)18-19-32-21-23-33(27(3)26-32)22-20-31-16-12-29(13-17-31)9-7-25-39-35(37)5-2/h4-5,10-23,26H,1-2,6-9,24-25H2,3H3/b19-18+,22-20+. The van der Waals surface area contributed by atoms with Crippen molar-refractivity contribution in [1.82, 2.24) is 0 Å². The van der Waals surface area contributed by atoms with Gasteiger partial charge in [-0.2, -0.15) is 0 Å². The number of rotatable bonds is 14. The van der Waals surface area contributed by atoms with Gasteiger partial charge < -0.3 is 9.47 Å². The maximum absolute atomic E-state index is 11.1. The molecule has 0 N–H and O–H groups in total. The van der Waals surface area contributed by atoms with Crippen molar-refractivity contribution in [2.24, 2.45) is 0 Å². The zero-order chi connectivity index (χ0) is 27.9. The van der Waals surface area contributed by atoms with E-state index >= 15 is 0 Å². The number of esters is 2. The normalized spacial score (nSPS) is 11.0. The first kappa shape index (κ1) is 29.1. The SMILES string of the molecule is C=CC(=O)OCCCc1ccc(/C=C/c2ccc(/C=C/c3ccc(CCCOC(=O)C=C)cc3)c(C)c2)cc1. The molecule has 4 nitrogen and oxygen atoms in total. The summed E-state index contributed by atoms with van der Waals surface area (Å²) in [6.45, 7) is 9.73. The molecule has 39 heavy (non-hydrogen) atoms. The number of benzene rings is 3. The summed E-state index contributed by atoms with van der Waals surface area (Å²) in [5, 5.41) is 0. The van der Waals surface area contributed by atoms with E-state index in [1.807, 2.05) is 0 Å². The summed E-state index contributed by atoms with van der Waals surface area (Å²) < 4.78 is 10.0.